The first kappa shape index (κ1) is 17.5. The maximum Gasteiger partial charge on any atom is 0.371 e. The van der Waals surface area contributed by atoms with Crippen molar-refractivity contribution in [2.45, 2.75) is 24.1 Å². The van der Waals surface area contributed by atoms with Crippen molar-refractivity contribution in [2.24, 2.45) is 0 Å². The zero-order valence-corrected chi connectivity index (χ0v) is 12.1. The van der Waals surface area contributed by atoms with Crippen LogP contribution in [-0.2, 0) is 11.7 Å². The Morgan fingerprint density at radius 3 is 2.28 bits per heavy atom. The molecule has 0 spiro atoms. The van der Waals surface area contributed by atoms with Crippen molar-refractivity contribution in [1.82, 2.24) is 4.98 Å². The Morgan fingerprint density at radius 1 is 1.04 bits per heavy atom. The number of hydrogen-bond acceptors (Lipinski definition) is 4. The van der Waals surface area contributed by atoms with Crippen LogP contribution in [0.25, 0.3) is 0 Å². The summed E-state index contributed by atoms with van der Waals surface area (Å²) in [5, 5.41) is 19.1. The number of pyridine rings is 1. The van der Waals surface area contributed by atoms with E-state index in [1.165, 1.54) is 18.3 Å². The van der Waals surface area contributed by atoms with Crippen molar-refractivity contribution < 1.29 is 41.3 Å². The highest BCUT2D eigenvalue weighted by molar-refractivity contribution is 5.55. The van der Waals surface area contributed by atoms with E-state index in [0.29, 0.717) is 12.1 Å². The van der Waals surface area contributed by atoms with Gasteiger partial charge in [-0.25, -0.2) is 8.78 Å². The largest absolute Gasteiger partial charge is 0.455 e. The molecule has 1 aromatic heterocycles. The zero-order valence-electron chi connectivity index (χ0n) is 12.1. The zero-order chi connectivity index (χ0) is 18.6. The quantitative estimate of drug-likeness (QED) is 0.643. The molecule has 4 nitrogen and oxygen atoms in total. The van der Waals surface area contributed by atoms with Gasteiger partial charge in [0.2, 0.25) is 0 Å². The SMILES string of the molecule is OC1(O)c2c(ccc(Oc3cccnc3)c2C(F)F)C(F)(F)C1(F)F. The van der Waals surface area contributed by atoms with Crippen molar-refractivity contribution >= 4 is 0 Å². The summed E-state index contributed by atoms with van der Waals surface area (Å²) in [6.45, 7) is 0. The van der Waals surface area contributed by atoms with E-state index < -0.39 is 46.5 Å². The molecule has 25 heavy (non-hydrogen) atoms. The van der Waals surface area contributed by atoms with Gasteiger partial charge < -0.3 is 14.9 Å². The summed E-state index contributed by atoms with van der Waals surface area (Å²) in [7, 11) is 0. The number of alkyl halides is 6. The minimum absolute atomic E-state index is 0.0812. The van der Waals surface area contributed by atoms with E-state index in [-0.39, 0.29) is 5.75 Å². The topological polar surface area (TPSA) is 62.6 Å². The Labute approximate surface area is 136 Å². The summed E-state index contributed by atoms with van der Waals surface area (Å²) in [6.07, 6.45) is -1.14. The van der Waals surface area contributed by atoms with Gasteiger partial charge in [-0.1, -0.05) is 0 Å². The second kappa shape index (κ2) is 5.33. The minimum Gasteiger partial charge on any atom is -0.455 e. The summed E-state index contributed by atoms with van der Waals surface area (Å²) in [5.74, 6) is -15.8. The van der Waals surface area contributed by atoms with E-state index in [0.717, 1.165) is 6.20 Å². The Kier molecular flexibility index (Phi) is 3.73. The van der Waals surface area contributed by atoms with E-state index in [9.17, 15) is 36.6 Å². The normalized spacial score (nSPS) is 19.7. The van der Waals surface area contributed by atoms with Crippen molar-refractivity contribution in [3.63, 3.8) is 0 Å². The van der Waals surface area contributed by atoms with E-state index in [1.54, 1.807) is 0 Å². The molecule has 0 unspecified atom stereocenters. The number of aliphatic hydroxyl groups is 2. The molecule has 10 heteroatoms. The standard InChI is InChI=1S/C15H9F6NO3/c16-12(17)10-9(25-7-2-1-5-22-6-7)4-3-8-11(10)14(23,24)15(20,21)13(8,18)19/h1-6,12,23-24H. The van der Waals surface area contributed by atoms with Gasteiger partial charge in [-0.3, -0.25) is 4.98 Å². The number of halogens is 6. The lowest BCUT2D eigenvalue weighted by molar-refractivity contribution is -0.358. The molecule has 0 amide bonds. The number of rotatable bonds is 3. The number of benzene rings is 1. The van der Waals surface area contributed by atoms with Crippen LogP contribution >= 0.6 is 0 Å². The molecule has 1 aliphatic carbocycles. The van der Waals surface area contributed by atoms with Crippen LogP contribution in [0.4, 0.5) is 26.3 Å². The predicted molar refractivity (Wildman–Crippen MR) is 70.7 cm³/mol. The van der Waals surface area contributed by atoms with E-state index >= 15 is 0 Å². The number of fused-ring (bicyclic) bond motifs is 1. The third-order valence-electron chi connectivity index (χ3n) is 3.80. The molecular weight excluding hydrogens is 356 g/mol. The van der Waals surface area contributed by atoms with Crippen LogP contribution in [0.3, 0.4) is 0 Å². The van der Waals surface area contributed by atoms with Gasteiger partial charge in [-0.05, 0) is 24.3 Å². The lowest BCUT2D eigenvalue weighted by Crippen LogP contribution is -2.49. The third kappa shape index (κ3) is 2.28. The maximum atomic E-state index is 13.8. The molecule has 0 atom stereocenters. The van der Waals surface area contributed by atoms with Gasteiger partial charge in [-0.15, -0.1) is 0 Å². The van der Waals surface area contributed by atoms with Crippen molar-refractivity contribution in [2.75, 3.05) is 0 Å². The highest BCUT2D eigenvalue weighted by Crippen LogP contribution is 2.62. The van der Waals surface area contributed by atoms with Crippen LogP contribution in [0.15, 0.2) is 36.7 Å². The number of ether oxygens (including phenoxy) is 1. The second-order valence-electron chi connectivity index (χ2n) is 5.31. The molecule has 0 bridgehead atoms. The summed E-state index contributed by atoms with van der Waals surface area (Å²) >= 11 is 0. The van der Waals surface area contributed by atoms with E-state index in [2.05, 4.69) is 4.98 Å². The fourth-order valence-electron chi connectivity index (χ4n) is 2.62. The molecule has 2 aromatic rings. The highest BCUT2D eigenvalue weighted by atomic mass is 19.3. The van der Waals surface area contributed by atoms with Crippen molar-refractivity contribution in [3.8, 4) is 11.5 Å². The molecule has 1 aromatic carbocycles. The fourth-order valence-corrected chi connectivity index (χ4v) is 2.62. The Morgan fingerprint density at radius 2 is 1.72 bits per heavy atom. The molecule has 3 rings (SSSR count). The molecule has 0 radical (unpaired) electrons. The van der Waals surface area contributed by atoms with Gasteiger partial charge in [0.1, 0.15) is 11.5 Å². The van der Waals surface area contributed by atoms with E-state index in [1.807, 2.05) is 0 Å². The minimum atomic E-state index is -5.40. The van der Waals surface area contributed by atoms with Crippen molar-refractivity contribution in [1.29, 1.82) is 0 Å². The Hall–Kier alpha value is -2.33. The molecule has 0 aliphatic heterocycles. The van der Waals surface area contributed by atoms with Gasteiger partial charge in [0.05, 0.1) is 11.8 Å². The predicted octanol–water partition coefficient (Wildman–Crippen LogP) is 3.69. The molecular formula is C15H9F6NO3. The molecule has 0 saturated heterocycles. The first-order valence-corrected chi connectivity index (χ1v) is 6.76. The number of nitrogens with zero attached hydrogens (tertiary/aromatic N) is 1. The summed E-state index contributed by atoms with van der Waals surface area (Å²) in [4.78, 5) is 3.65. The van der Waals surface area contributed by atoms with Gasteiger partial charge >= 0.3 is 11.8 Å². The third-order valence-corrected chi connectivity index (χ3v) is 3.80. The average Bonchev–Trinajstić information content (AvgIpc) is 2.64. The fraction of sp³-hybridized carbons (Fsp3) is 0.267. The van der Waals surface area contributed by atoms with Gasteiger partial charge in [0.25, 0.3) is 12.2 Å². The van der Waals surface area contributed by atoms with E-state index in [4.69, 9.17) is 4.74 Å². The average molecular weight is 365 g/mol. The maximum absolute atomic E-state index is 13.8. The molecule has 0 saturated carbocycles. The Balaban J connectivity index is 2.25. The van der Waals surface area contributed by atoms with Gasteiger partial charge in [-0.2, -0.15) is 17.6 Å². The Bertz CT molecular complexity index is 810. The monoisotopic (exact) mass is 365 g/mol. The van der Waals surface area contributed by atoms with Gasteiger partial charge in [0, 0.05) is 17.3 Å². The summed E-state index contributed by atoms with van der Waals surface area (Å²) in [6, 6.07) is 3.72. The lowest BCUT2D eigenvalue weighted by Gasteiger charge is -2.28. The van der Waals surface area contributed by atoms with Crippen molar-refractivity contribution in [3.05, 3.63) is 53.3 Å². The first-order chi connectivity index (χ1) is 11.5. The van der Waals surface area contributed by atoms with Crippen LogP contribution in [0.2, 0.25) is 0 Å². The second-order valence-corrected chi connectivity index (χ2v) is 5.31. The highest BCUT2D eigenvalue weighted by Gasteiger charge is 2.77. The van der Waals surface area contributed by atoms with Crippen LogP contribution in [-0.4, -0.2) is 21.1 Å². The number of hydrogen-bond donors (Lipinski definition) is 2. The molecule has 134 valence electrons. The van der Waals surface area contributed by atoms with Crippen LogP contribution < -0.4 is 4.74 Å². The molecule has 1 aliphatic rings. The first-order valence-electron chi connectivity index (χ1n) is 6.76. The van der Waals surface area contributed by atoms with Gasteiger partial charge in [0.15, 0.2) is 0 Å². The number of aromatic nitrogens is 1. The summed E-state index contributed by atoms with van der Waals surface area (Å²) < 4.78 is 87.1. The van der Waals surface area contributed by atoms with Crippen LogP contribution in [0.5, 0.6) is 11.5 Å². The molecule has 2 N–H and O–H groups in total. The van der Waals surface area contributed by atoms with Crippen LogP contribution in [0, 0.1) is 0 Å². The lowest BCUT2D eigenvalue weighted by atomic mass is 9.98. The smallest absolute Gasteiger partial charge is 0.371 e. The van der Waals surface area contributed by atoms with Crippen LogP contribution in [0.1, 0.15) is 23.1 Å². The summed E-state index contributed by atoms with van der Waals surface area (Å²) in [5.41, 5.74) is -4.72. The molecule has 1 heterocycles. The molecule has 0 fully saturated rings.